The minimum absolute atomic E-state index is 0.196. The predicted molar refractivity (Wildman–Crippen MR) is 74.1 cm³/mol. The Hall–Kier alpha value is -1.09. The number of rotatable bonds is 6. The first-order chi connectivity index (χ1) is 8.61. The van der Waals surface area contributed by atoms with Gasteiger partial charge in [0.25, 0.3) is 0 Å². The van der Waals surface area contributed by atoms with Crippen LogP contribution < -0.4 is 10.6 Å². The van der Waals surface area contributed by atoms with Gasteiger partial charge in [-0.25, -0.2) is 4.39 Å². The Morgan fingerprint density at radius 1 is 1.39 bits per heavy atom. The van der Waals surface area contributed by atoms with Crippen LogP contribution in [0.25, 0.3) is 0 Å². The van der Waals surface area contributed by atoms with Gasteiger partial charge in [0.05, 0.1) is 0 Å². The van der Waals surface area contributed by atoms with E-state index in [9.17, 15) is 4.39 Å². The summed E-state index contributed by atoms with van der Waals surface area (Å²) in [4.78, 5) is 2.42. The third-order valence-corrected chi connectivity index (χ3v) is 3.51. The van der Waals surface area contributed by atoms with Crippen LogP contribution in [0.2, 0.25) is 0 Å². The van der Waals surface area contributed by atoms with Crippen molar-refractivity contribution < 1.29 is 4.39 Å². The number of benzene rings is 1. The maximum atomic E-state index is 13.3. The Morgan fingerprint density at radius 2 is 2.11 bits per heavy atom. The van der Waals surface area contributed by atoms with Gasteiger partial charge in [0, 0.05) is 24.8 Å². The van der Waals surface area contributed by atoms with Crippen molar-refractivity contribution in [1.29, 1.82) is 0 Å². The molecular weight excluding hydrogens is 227 g/mol. The summed E-state index contributed by atoms with van der Waals surface area (Å²) in [6.07, 6.45) is 3.66. The van der Waals surface area contributed by atoms with E-state index in [1.807, 2.05) is 6.07 Å². The molecule has 2 rings (SSSR count). The van der Waals surface area contributed by atoms with E-state index in [4.69, 9.17) is 5.73 Å². The smallest absolute Gasteiger partial charge is 0.123 e. The molecule has 2 N–H and O–H groups in total. The molecule has 0 bridgehead atoms. The molecule has 0 aromatic heterocycles. The van der Waals surface area contributed by atoms with E-state index >= 15 is 0 Å². The lowest BCUT2D eigenvalue weighted by atomic mass is 10.1. The zero-order valence-electron chi connectivity index (χ0n) is 11.3. The molecule has 100 valence electrons. The first-order valence-corrected chi connectivity index (χ1v) is 6.87. The number of nitrogens with two attached hydrogens (primary N) is 1. The maximum absolute atomic E-state index is 13.3. The van der Waals surface area contributed by atoms with Gasteiger partial charge in [-0.3, -0.25) is 0 Å². The first kappa shape index (κ1) is 13.3. The van der Waals surface area contributed by atoms with Crippen LogP contribution in [0.5, 0.6) is 0 Å². The van der Waals surface area contributed by atoms with Crippen LogP contribution in [0, 0.1) is 11.7 Å². The molecule has 0 atom stereocenters. The number of halogens is 1. The fraction of sp³-hybridized carbons (Fsp3) is 0.600. The van der Waals surface area contributed by atoms with Crippen molar-refractivity contribution in [2.45, 2.75) is 45.7 Å². The van der Waals surface area contributed by atoms with E-state index in [0.717, 1.165) is 24.2 Å². The molecule has 0 amide bonds. The SMILES string of the molecule is CC(C)CCN(c1ccc(F)cc1CN)C1CC1. The minimum Gasteiger partial charge on any atom is -0.368 e. The summed E-state index contributed by atoms with van der Waals surface area (Å²) in [7, 11) is 0. The lowest BCUT2D eigenvalue weighted by Crippen LogP contribution is -2.29. The highest BCUT2D eigenvalue weighted by molar-refractivity contribution is 5.55. The molecule has 0 radical (unpaired) electrons. The molecule has 1 aliphatic rings. The number of anilines is 1. The van der Waals surface area contributed by atoms with Crippen molar-refractivity contribution in [2.75, 3.05) is 11.4 Å². The quantitative estimate of drug-likeness (QED) is 0.839. The molecule has 1 aliphatic carbocycles. The molecular formula is C15H23FN2. The van der Waals surface area contributed by atoms with Crippen LogP contribution in [0.3, 0.4) is 0 Å². The standard InChI is InChI=1S/C15H23FN2/c1-11(2)7-8-18(14-4-5-14)15-6-3-13(16)9-12(15)10-17/h3,6,9,11,14H,4-5,7-8,10,17H2,1-2H3. The van der Waals surface area contributed by atoms with Crippen molar-refractivity contribution in [1.82, 2.24) is 0 Å². The third kappa shape index (κ3) is 3.22. The van der Waals surface area contributed by atoms with Crippen LogP contribution in [-0.2, 0) is 6.54 Å². The van der Waals surface area contributed by atoms with Crippen molar-refractivity contribution in [2.24, 2.45) is 11.7 Å². The molecule has 1 saturated carbocycles. The molecule has 0 saturated heterocycles. The third-order valence-electron chi connectivity index (χ3n) is 3.51. The van der Waals surface area contributed by atoms with Gasteiger partial charge < -0.3 is 10.6 Å². The van der Waals surface area contributed by atoms with Crippen molar-refractivity contribution in [3.63, 3.8) is 0 Å². The van der Waals surface area contributed by atoms with E-state index in [2.05, 4.69) is 18.7 Å². The number of hydrogen-bond acceptors (Lipinski definition) is 2. The maximum Gasteiger partial charge on any atom is 0.123 e. The molecule has 0 heterocycles. The van der Waals surface area contributed by atoms with E-state index in [-0.39, 0.29) is 5.82 Å². The lowest BCUT2D eigenvalue weighted by Gasteiger charge is -2.27. The second kappa shape index (κ2) is 5.70. The van der Waals surface area contributed by atoms with Gasteiger partial charge in [0.2, 0.25) is 0 Å². The molecule has 18 heavy (non-hydrogen) atoms. The topological polar surface area (TPSA) is 29.3 Å². The molecule has 0 spiro atoms. The van der Waals surface area contributed by atoms with Crippen LogP contribution in [-0.4, -0.2) is 12.6 Å². The van der Waals surface area contributed by atoms with Crippen molar-refractivity contribution in [3.05, 3.63) is 29.6 Å². The fourth-order valence-corrected chi connectivity index (χ4v) is 2.28. The average Bonchev–Trinajstić information content (AvgIpc) is 3.15. The monoisotopic (exact) mass is 250 g/mol. The Bertz CT molecular complexity index is 399. The Labute approximate surface area is 109 Å². The Morgan fingerprint density at radius 3 is 2.67 bits per heavy atom. The normalized spacial score (nSPS) is 15.2. The molecule has 1 aromatic rings. The van der Waals surface area contributed by atoms with E-state index in [1.165, 1.54) is 12.8 Å². The van der Waals surface area contributed by atoms with Gasteiger partial charge in [-0.05, 0) is 48.9 Å². The van der Waals surface area contributed by atoms with Gasteiger partial charge >= 0.3 is 0 Å². The van der Waals surface area contributed by atoms with E-state index in [1.54, 1.807) is 12.1 Å². The summed E-state index contributed by atoms with van der Waals surface area (Å²) in [5.74, 6) is 0.492. The zero-order chi connectivity index (χ0) is 13.1. The highest BCUT2D eigenvalue weighted by Crippen LogP contribution is 2.34. The highest BCUT2D eigenvalue weighted by Gasteiger charge is 2.30. The number of nitrogens with zero attached hydrogens (tertiary/aromatic N) is 1. The summed E-state index contributed by atoms with van der Waals surface area (Å²) in [6.45, 7) is 5.91. The average molecular weight is 250 g/mol. The molecule has 1 aromatic carbocycles. The van der Waals surface area contributed by atoms with Crippen molar-refractivity contribution in [3.8, 4) is 0 Å². The van der Waals surface area contributed by atoms with Gasteiger partial charge in [-0.1, -0.05) is 13.8 Å². The van der Waals surface area contributed by atoms with Gasteiger partial charge in [-0.15, -0.1) is 0 Å². The van der Waals surface area contributed by atoms with Crippen LogP contribution >= 0.6 is 0 Å². The fourth-order valence-electron chi connectivity index (χ4n) is 2.28. The van der Waals surface area contributed by atoms with Crippen LogP contribution in [0.15, 0.2) is 18.2 Å². The molecule has 0 unspecified atom stereocenters. The van der Waals surface area contributed by atoms with E-state index in [0.29, 0.717) is 18.5 Å². The predicted octanol–water partition coefficient (Wildman–Crippen LogP) is 3.30. The van der Waals surface area contributed by atoms with Crippen molar-refractivity contribution >= 4 is 5.69 Å². The summed E-state index contributed by atoms with van der Waals surface area (Å²) < 4.78 is 13.3. The van der Waals surface area contributed by atoms with Gasteiger partial charge in [0.15, 0.2) is 0 Å². The second-order valence-corrected chi connectivity index (χ2v) is 5.58. The molecule has 1 fully saturated rings. The Kier molecular flexibility index (Phi) is 4.23. The van der Waals surface area contributed by atoms with E-state index < -0.39 is 0 Å². The summed E-state index contributed by atoms with van der Waals surface area (Å²) in [6, 6.07) is 5.63. The number of hydrogen-bond donors (Lipinski definition) is 1. The molecule has 3 heteroatoms. The molecule has 0 aliphatic heterocycles. The van der Waals surface area contributed by atoms with Crippen LogP contribution in [0.4, 0.5) is 10.1 Å². The van der Waals surface area contributed by atoms with Gasteiger partial charge in [-0.2, -0.15) is 0 Å². The molecule has 2 nitrogen and oxygen atoms in total. The summed E-state index contributed by atoms with van der Waals surface area (Å²) in [5.41, 5.74) is 7.79. The summed E-state index contributed by atoms with van der Waals surface area (Å²) >= 11 is 0. The van der Waals surface area contributed by atoms with Crippen LogP contribution in [0.1, 0.15) is 38.7 Å². The second-order valence-electron chi connectivity index (χ2n) is 5.58. The minimum atomic E-state index is -0.196. The lowest BCUT2D eigenvalue weighted by molar-refractivity contribution is 0.569. The first-order valence-electron chi connectivity index (χ1n) is 6.87. The highest BCUT2D eigenvalue weighted by atomic mass is 19.1. The Balaban J connectivity index is 2.19. The summed E-state index contributed by atoms with van der Waals surface area (Å²) in [5, 5.41) is 0. The zero-order valence-corrected chi connectivity index (χ0v) is 11.3. The largest absolute Gasteiger partial charge is 0.368 e. The van der Waals surface area contributed by atoms with Gasteiger partial charge in [0.1, 0.15) is 5.82 Å².